The van der Waals surface area contributed by atoms with E-state index in [0.717, 1.165) is 17.5 Å². The summed E-state index contributed by atoms with van der Waals surface area (Å²) in [5, 5.41) is 0. The van der Waals surface area contributed by atoms with Crippen LogP contribution in [0.1, 0.15) is 24.0 Å². The van der Waals surface area contributed by atoms with E-state index >= 15 is 0 Å². The summed E-state index contributed by atoms with van der Waals surface area (Å²) in [4.78, 5) is 11.4. The Morgan fingerprint density at radius 2 is 2.14 bits per heavy atom. The predicted octanol–water partition coefficient (Wildman–Crippen LogP) is 2.88. The lowest BCUT2D eigenvalue weighted by molar-refractivity contribution is -0.113. The Labute approximate surface area is 82.3 Å². The molecule has 0 saturated heterocycles. The fraction of sp³-hybridized carbons (Fsp3) is 0.250. The number of halogens is 1. The van der Waals surface area contributed by atoms with Crippen molar-refractivity contribution in [1.82, 2.24) is 0 Å². The fourth-order valence-electron chi connectivity index (χ4n) is 1.74. The van der Waals surface area contributed by atoms with Gasteiger partial charge in [-0.1, -0.05) is 12.1 Å². The number of aryl methyl sites for hydroxylation is 1. The molecule has 1 aliphatic rings. The van der Waals surface area contributed by atoms with Gasteiger partial charge < -0.3 is 0 Å². The average molecular weight is 190 g/mol. The molecule has 72 valence electrons. The van der Waals surface area contributed by atoms with Crippen molar-refractivity contribution < 1.29 is 9.18 Å². The van der Waals surface area contributed by atoms with E-state index in [1.165, 1.54) is 12.1 Å². The molecule has 0 amide bonds. The van der Waals surface area contributed by atoms with Crippen molar-refractivity contribution in [3.8, 4) is 0 Å². The van der Waals surface area contributed by atoms with Crippen LogP contribution in [0.25, 0.3) is 5.57 Å². The molecule has 0 aliphatic heterocycles. The van der Waals surface area contributed by atoms with Crippen molar-refractivity contribution in [1.29, 1.82) is 0 Å². The maximum Gasteiger partial charge on any atom is 0.163 e. The molecule has 0 heterocycles. The Bertz CT molecular complexity index is 418. The summed E-state index contributed by atoms with van der Waals surface area (Å²) in [7, 11) is 0. The average Bonchev–Trinajstić information content (AvgIpc) is 2.56. The van der Waals surface area contributed by atoms with Gasteiger partial charge in [0.2, 0.25) is 0 Å². The number of rotatable bonds is 1. The van der Waals surface area contributed by atoms with E-state index in [1.54, 1.807) is 6.07 Å². The first-order valence-corrected chi connectivity index (χ1v) is 4.68. The Balaban J connectivity index is 2.50. The molecule has 1 aromatic rings. The molecule has 0 aromatic heterocycles. The van der Waals surface area contributed by atoms with Gasteiger partial charge in [0.25, 0.3) is 0 Å². The lowest BCUT2D eigenvalue weighted by atomic mass is 9.99. The number of Topliss-reactive ketones (excluding diaryl/α,β-unsaturated/α-hetero) is 1. The Morgan fingerprint density at radius 3 is 2.79 bits per heavy atom. The molecule has 0 N–H and O–H groups in total. The molecule has 0 spiro atoms. The number of allylic oxidation sites excluding steroid dienone is 2. The van der Waals surface area contributed by atoms with Crippen LogP contribution in [0.4, 0.5) is 4.39 Å². The first-order chi connectivity index (χ1) is 6.68. The van der Waals surface area contributed by atoms with Crippen molar-refractivity contribution in [3.05, 3.63) is 41.2 Å². The highest BCUT2D eigenvalue weighted by molar-refractivity contribution is 6.22. The summed E-state index contributed by atoms with van der Waals surface area (Å²) in [6.45, 7) is 1.89. The minimum atomic E-state index is -0.286. The minimum absolute atomic E-state index is 0.124. The highest BCUT2D eigenvalue weighted by Crippen LogP contribution is 2.27. The van der Waals surface area contributed by atoms with Crippen LogP contribution < -0.4 is 0 Å². The number of hydrogen-bond acceptors (Lipinski definition) is 1. The molecular weight excluding hydrogens is 179 g/mol. The van der Waals surface area contributed by atoms with Crippen molar-refractivity contribution >= 4 is 11.4 Å². The van der Waals surface area contributed by atoms with Crippen LogP contribution in [0.2, 0.25) is 0 Å². The third-order valence-corrected chi connectivity index (χ3v) is 2.51. The van der Waals surface area contributed by atoms with Gasteiger partial charge in [-0.15, -0.1) is 0 Å². The number of carbonyl (C=O) groups excluding carboxylic acids is 1. The molecule has 0 saturated carbocycles. The molecule has 14 heavy (non-hydrogen) atoms. The predicted molar refractivity (Wildman–Crippen MR) is 53.4 cm³/mol. The van der Waals surface area contributed by atoms with E-state index in [2.05, 4.69) is 0 Å². The van der Waals surface area contributed by atoms with Crippen LogP contribution in [0, 0.1) is 12.7 Å². The topological polar surface area (TPSA) is 17.1 Å². The standard InChI is InChI=1S/C12H11FO/c1-8-5-6-9(13)7-11(8)10-3-2-4-12(10)14/h3,5-7H,2,4H2,1H3. The van der Waals surface area contributed by atoms with Gasteiger partial charge in [-0.2, -0.15) is 0 Å². The number of ketones is 1. The van der Waals surface area contributed by atoms with Crippen LogP contribution in [0.15, 0.2) is 24.3 Å². The Kier molecular flexibility index (Phi) is 2.20. The van der Waals surface area contributed by atoms with Crippen LogP contribution in [-0.4, -0.2) is 5.78 Å². The molecule has 0 radical (unpaired) electrons. The normalized spacial score (nSPS) is 15.9. The van der Waals surface area contributed by atoms with Gasteiger partial charge in [0, 0.05) is 12.0 Å². The summed E-state index contributed by atoms with van der Waals surface area (Å²) < 4.78 is 13.0. The molecule has 2 heteroatoms. The second kappa shape index (κ2) is 3.37. The molecule has 1 aromatic carbocycles. The van der Waals surface area contributed by atoms with E-state index in [4.69, 9.17) is 0 Å². The van der Waals surface area contributed by atoms with Crippen molar-refractivity contribution in [2.24, 2.45) is 0 Å². The summed E-state index contributed by atoms with van der Waals surface area (Å²) in [5.41, 5.74) is 2.38. The van der Waals surface area contributed by atoms with Gasteiger partial charge in [-0.3, -0.25) is 4.79 Å². The fourth-order valence-corrected chi connectivity index (χ4v) is 1.74. The zero-order valence-electron chi connectivity index (χ0n) is 8.01. The van der Waals surface area contributed by atoms with Gasteiger partial charge in [-0.05, 0) is 36.6 Å². The zero-order chi connectivity index (χ0) is 10.1. The second-order valence-corrected chi connectivity index (χ2v) is 3.54. The lowest BCUT2D eigenvalue weighted by Crippen LogP contribution is -1.97. The number of benzene rings is 1. The highest BCUT2D eigenvalue weighted by atomic mass is 19.1. The van der Waals surface area contributed by atoms with Gasteiger partial charge in [0.15, 0.2) is 5.78 Å². The molecule has 0 bridgehead atoms. The SMILES string of the molecule is Cc1ccc(F)cc1C1=CCCC1=O. The highest BCUT2D eigenvalue weighted by Gasteiger charge is 2.18. The largest absolute Gasteiger partial charge is 0.294 e. The summed E-state index contributed by atoms with van der Waals surface area (Å²) in [5.74, 6) is -0.162. The Hall–Kier alpha value is -1.44. The first kappa shape index (κ1) is 9.13. The number of carbonyl (C=O) groups is 1. The van der Waals surface area contributed by atoms with Crippen LogP contribution in [0.5, 0.6) is 0 Å². The monoisotopic (exact) mass is 190 g/mol. The van der Waals surface area contributed by atoms with Crippen LogP contribution >= 0.6 is 0 Å². The molecule has 0 unspecified atom stereocenters. The van der Waals surface area contributed by atoms with Gasteiger partial charge in [0.05, 0.1) is 0 Å². The molecule has 0 fully saturated rings. The molecule has 0 atom stereocenters. The van der Waals surface area contributed by atoms with E-state index < -0.39 is 0 Å². The zero-order valence-corrected chi connectivity index (χ0v) is 8.01. The quantitative estimate of drug-likeness (QED) is 0.665. The van der Waals surface area contributed by atoms with E-state index in [1.807, 2.05) is 13.0 Å². The van der Waals surface area contributed by atoms with E-state index in [-0.39, 0.29) is 11.6 Å². The molecule has 1 aliphatic carbocycles. The maximum absolute atomic E-state index is 13.0. The molecule has 1 nitrogen and oxygen atoms in total. The van der Waals surface area contributed by atoms with E-state index in [9.17, 15) is 9.18 Å². The van der Waals surface area contributed by atoms with E-state index in [0.29, 0.717) is 12.0 Å². The summed E-state index contributed by atoms with van der Waals surface area (Å²) in [6, 6.07) is 4.56. The summed E-state index contributed by atoms with van der Waals surface area (Å²) in [6.07, 6.45) is 3.24. The molecular formula is C12H11FO. The lowest BCUT2D eigenvalue weighted by Gasteiger charge is -2.05. The third-order valence-electron chi connectivity index (χ3n) is 2.51. The van der Waals surface area contributed by atoms with Crippen LogP contribution in [0.3, 0.4) is 0 Å². The van der Waals surface area contributed by atoms with Crippen molar-refractivity contribution in [2.75, 3.05) is 0 Å². The van der Waals surface area contributed by atoms with Crippen molar-refractivity contribution in [2.45, 2.75) is 19.8 Å². The minimum Gasteiger partial charge on any atom is -0.294 e. The first-order valence-electron chi connectivity index (χ1n) is 4.68. The van der Waals surface area contributed by atoms with Gasteiger partial charge in [0.1, 0.15) is 5.82 Å². The van der Waals surface area contributed by atoms with Crippen LogP contribution in [-0.2, 0) is 4.79 Å². The Morgan fingerprint density at radius 1 is 1.36 bits per heavy atom. The smallest absolute Gasteiger partial charge is 0.163 e. The van der Waals surface area contributed by atoms with Gasteiger partial charge in [-0.25, -0.2) is 4.39 Å². The molecule has 2 rings (SSSR count). The summed E-state index contributed by atoms with van der Waals surface area (Å²) >= 11 is 0. The second-order valence-electron chi connectivity index (χ2n) is 3.54. The van der Waals surface area contributed by atoms with Gasteiger partial charge >= 0.3 is 0 Å². The third kappa shape index (κ3) is 1.48. The number of hydrogen-bond donors (Lipinski definition) is 0. The van der Waals surface area contributed by atoms with Crippen molar-refractivity contribution in [3.63, 3.8) is 0 Å². The maximum atomic E-state index is 13.0.